The molecule has 2 aliphatic heterocycles. The Morgan fingerprint density at radius 3 is 2.48 bits per heavy atom. The summed E-state index contributed by atoms with van der Waals surface area (Å²) in [7, 11) is 3.13. The van der Waals surface area contributed by atoms with Crippen molar-refractivity contribution >= 4 is 11.8 Å². The molecule has 1 fully saturated rings. The smallest absolute Gasteiger partial charge is 0.254 e. The molecule has 5 rings (SSSR count). The number of carbonyl (C=O) groups excluding carboxylic acids is 2. The second kappa shape index (κ2) is 7.91. The fourth-order valence-corrected chi connectivity index (χ4v) is 5.49. The van der Waals surface area contributed by atoms with E-state index in [0.717, 1.165) is 43.2 Å². The molecule has 31 heavy (non-hydrogen) atoms. The third-order valence-corrected chi connectivity index (χ3v) is 7.01. The summed E-state index contributed by atoms with van der Waals surface area (Å²) in [6, 6.07) is 11.6. The van der Waals surface area contributed by atoms with Gasteiger partial charge in [0.05, 0.1) is 26.2 Å². The lowest BCUT2D eigenvalue weighted by Crippen LogP contribution is -2.51. The fraction of sp³-hybridized carbons (Fsp3) is 0.440. The lowest BCUT2D eigenvalue weighted by atomic mass is 9.75. The minimum atomic E-state index is -0.491. The summed E-state index contributed by atoms with van der Waals surface area (Å²) in [6.07, 6.45) is 5.11. The van der Waals surface area contributed by atoms with Gasteiger partial charge in [-0.1, -0.05) is 37.1 Å². The lowest BCUT2D eigenvalue weighted by Gasteiger charge is -2.45. The predicted molar refractivity (Wildman–Crippen MR) is 117 cm³/mol. The van der Waals surface area contributed by atoms with Crippen LogP contribution in [-0.2, 0) is 11.2 Å². The van der Waals surface area contributed by atoms with Crippen LogP contribution in [0.25, 0.3) is 0 Å². The fourth-order valence-electron chi connectivity index (χ4n) is 5.49. The van der Waals surface area contributed by atoms with Crippen molar-refractivity contribution in [2.45, 2.75) is 50.1 Å². The van der Waals surface area contributed by atoms with E-state index in [1.54, 1.807) is 20.3 Å². The number of hydrogen-bond acceptors (Lipinski definition) is 4. The summed E-state index contributed by atoms with van der Waals surface area (Å²) in [5.41, 5.74) is 3.52. The van der Waals surface area contributed by atoms with Crippen LogP contribution in [0.1, 0.15) is 64.7 Å². The van der Waals surface area contributed by atoms with Crippen LogP contribution >= 0.6 is 0 Å². The van der Waals surface area contributed by atoms with Gasteiger partial charge in [-0.2, -0.15) is 0 Å². The Bertz CT molecular complexity index is 1030. The summed E-state index contributed by atoms with van der Waals surface area (Å²) in [4.78, 5) is 29.1. The highest BCUT2D eigenvalue weighted by molar-refractivity contribution is 6.02. The monoisotopic (exact) mass is 420 g/mol. The molecule has 6 nitrogen and oxygen atoms in total. The van der Waals surface area contributed by atoms with E-state index in [1.807, 2.05) is 23.1 Å². The lowest BCUT2D eigenvalue weighted by molar-refractivity contribution is -0.125. The Kier molecular flexibility index (Phi) is 5.08. The van der Waals surface area contributed by atoms with Gasteiger partial charge in [-0.3, -0.25) is 9.59 Å². The molecule has 1 N–H and O–H groups in total. The van der Waals surface area contributed by atoms with E-state index < -0.39 is 5.92 Å². The third-order valence-electron chi connectivity index (χ3n) is 7.01. The number of carbonyl (C=O) groups is 2. The molecular formula is C25H28N2O4. The molecule has 0 unspecified atom stereocenters. The molecular weight excluding hydrogens is 392 g/mol. The largest absolute Gasteiger partial charge is 0.493 e. The predicted octanol–water partition coefficient (Wildman–Crippen LogP) is 3.60. The Balaban J connectivity index is 1.66. The normalized spacial score (nSPS) is 22.4. The molecule has 2 heterocycles. The zero-order valence-corrected chi connectivity index (χ0v) is 18.0. The van der Waals surface area contributed by atoms with Gasteiger partial charge in [0.1, 0.15) is 0 Å². The van der Waals surface area contributed by atoms with Crippen LogP contribution in [0.15, 0.2) is 36.4 Å². The molecule has 2 amide bonds. The van der Waals surface area contributed by atoms with E-state index in [2.05, 4.69) is 17.4 Å². The van der Waals surface area contributed by atoms with Crippen molar-refractivity contribution < 1.29 is 19.1 Å². The molecule has 0 saturated heterocycles. The van der Waals surface area contributed by atoms with E-state index >= 15 is 0 Å². The van der Waals surface area contributed by atoms with Crippen LogP contribution in [0.3, 0.4) is 0 Å². The van der Waals surface area contributed by atoms with Crippen molar-refractivity contribution in [2.24, 2.45) is 0 Å². The highest BCUT2D eigenvalue weighted by atomic mass is 16.5. The van der Waals surface area contributed by atoms with Crippen LogP contribution in [-0.4, -0.2) is 43.5 Å². The van der Waals surface area contributed by atoms with Gasteiger partial charge >= 0.3 is 0 Å². The van der Waals surface area contributed by atoms with Gasteiger partial charge in [-0.25, -0.2) is 0 Å². The first-order valence-electron chi connectivity index (χ1n) is 11.1. The number of rotatable bonds is 4. The topological polar surface area (TPSA) is 67.9 Å². The number of amides is 2. The van der Waals surface area contributed by atoms with E-state index in [4.69, 9.17) is 9.47 Å². The Morgan fingerprint density at radius 2 is 1.74 bits per heavy atom. The summed E-state index contributed by atoms with van der Waals surface area (Å²) in [5, 5.41) is 3.29. The minimum Gasteiger partial charge on any atom is -0.493 e. The van der Waals surface area contributed by atoms with Crippen molar-refractivity contribution in [1.82, 2.24) is 10.2 Å². The molecule has 2 atom stereocenters. The van der Waals surface area contributed by atoms with Crippen molar-refractivity contribution in [3.63, 3.8) is 0 Å². The zero-order valence-electron chi connectivity index (χ0n) is 18.0. The number of nitrogens with one attached hydrogen (secondary N) is 1. The van der Waals surface area contributed by atoms with Crippen LogP contribution in [0.2, 0.25) is 0 Å². The highest BCUT2D eigenvalue weighted by Gasteiger charge is 2.47. The standard InChI is InChI=1S/C25H28N2O4/c1-30-20-13-18-19(14-21(20)31-2)25(29)27-12-11-15-7-3-6-10-17(15)23(27)22(18)24(28)26-16-8-4-5-9-16/h3,6-7,10,13-14,16,22-23H,4-5,8-9,11-12H2,1-2H3,(H,26,28)/t22-,23+/m0/s1. The summed E-state index contributed by atoms with van der Waals surface area (Å²) in [6.45, 7) is 0.599. The van der Waals surface area contributed by atoms with Gasteiger partial charge in [0, 0.05) is 18.2 Å². The van der Waals surface area contributed by atoms with E-state index in [0.29, 0.717) is 23.6 Å². The maximum Gasteiger partial charge on any atom is 0.254 e. The molecule has 3 aliphatic rings. The number of benzene rings is 2. The number of nitrogens with zero attached hydrogens (tertiary/aromatic N) is 1. The number of ether oxygens (including phenoxy) is 2. The third kappa shape index (κ3) is 3.25. The molecule has 0 aromatic heterocycles. The maximum absolute atomic E-state index is 13.7. The van der Waals surface area contributed by atoms with Gasteiger partial charge in [0.2, 0.25) is 5.91 Å². The number of hydrogen-bond donors (Lipinski definition) is 1. The number of fused-ring (bicyclic) bond motifs is 4. The van der Waals surface area contributed by atoms with Crippen molar-refractivity contribution in [1.29, 1.82) is 0 Å². The molecule has 0 bridgehead atoms. The molecule has 0 spiro atoms. The van der Waals surface area contributed by atoms with Crippen LogP contribution in [0, 0.1) is 0 Å². The molecule has 0 radical (unpaired) electrons. The summed E-state index contributed by atoms with van der Waals surface area (Å²) >= 11 is 0. The van der Waals surface area contributed by atoms with Gasteiger partial charge < -0.3 is 19.7 Å². The average Bonchev–Trinajstić information content (AvgIpc) is 3.31. The quantitative estimate of drug-likeness (QED) is 0.821. The van der Waals surface area contributed by atoms with E-state index in [-0.39, 0.29) is 23.9 Å². The molecule has 2 aromatic carbocycles. The first-order valence-corrected chi connectivity index (χ1v) is 11.1. The van der Waals surface area contributed by atoms with Gasteiger partial charge in [-0.05, 0) is 48.1 Å². The summed E-state index contributed by atoms with van der Waals surface area (Å²) in [5.74, 6) is 0.472. The van der Waals surface area contributed by atoms with Gasteiger partial charge in [0.25, 0.3) is 5.91 Å². The first kappa shape index (κ1) is 19.9. The second-order valence-electron chi connectivity index (χ2n) is 8.65. The highest BCUT2D eigenvalue weighted by Crippen LogP contribution is 2.48. The molecule has 6 heteroatoms. The van der Waals surface area contributed by atoms with E-state index in [9.17, 15) is 9.59 Å². The molecule has 162 valence electrons. The molecule has 1 saturated carbocycles. The Labute approximate surface area is 182 Å². The maximum atomic E-state index is 13.7. The average molecular weight is 421 g/mol. The van der Waals surface area contributed by atoms with Crippen molar-refractivity contribution in [2.75, 3.05) is 20.8 Å². The second-order valence-corrected chi connectivity index (χ2v) is 8.65. The Morgan fingerprint density at radius 1 is 1.03 bits per heavy atom. The summed E-state index contributed by atoms with van der Waals surface area (Å²) < 4.78 is 11.0. The van der Waals surface area contributed by atoms with Crippen LogP contribution in [0.5, 0.6) is 11.5 Å². The van der Waals surface area contributed by atoms with Crippen molar-refractivity contribution in [3.8, 4) is 11.5 Å². The molecule has 2 aromatic rings. The van der Waals surface area contributed by atoms with Crippen molar-refractivity contribution in [3.05, 3.63) is 58.7 Å². The first-order chi connectivity index (χ1) is 15.1. The SMILES string of the molecule is COc1cc2c(cc1OC)[C@H](C(=O)NC1CCCC1)[C@H]1c3ccccc3CCN1C2=O. The zero-order chi connectivity index (χ0) is 21.5. The van der Waals surface area contributed by atoms with Crippen LogP contribution < -0.4 is 14.8 Å². The van der Waals surface area contributed by atoms with E-state index in [1.165, 1.54) is 5.56 Å². The molecule has 1 aliphatic carbocycles. The minimum absolute atomic E-state index is 0.0143. The Hall–Kier alpha value is -3.02. The van der Waals surface area contributed by atoms with Crippen LogP contribution in [0.4, 0.5) is 0 Å². The van der Waals surface area contributed by atoms with Gasteiger partial charge in [-0.15, -0.1) is 0 Å². The van der Waals surface area contributed by atoms with Gasteiger partial charge in [0.15, 0.2) is 11.5 Å². The number of methoxy groups -OCH3 is 2.